The first-order valence-electron chi connectivity index (χ1n) is 5.20. The van der Waals surface area contributed by atoms with Crippen LogP contribution < -0.4 is 5.32 Å². The first-order chi connectivity index (χ1) is 5.72. The second-order valence-electron chi connectivity index (χ2n) is 4.11. The van der Waals surface area contributed by atoms with Crippen molar-refractivity contribution in [2.45, 2.75) is 45.7 Å². The summed E-state index contributed by atoms with van der Waals surface area (Å²) in [6.45, 7) is 10.5. The summed E-state index contributed by atoms with van der Waals surface area (Å²) in [5.41, 5.74) is 0. The van der Waals surface area contributed by atoms with Crippen LogP contribution in [0.3, 0.4) is 0 Å². The van der Waals surface area contributed by atoms with Gasteiger partial charge < -0.3 is 10.2 Å². The molecule has 0 aliphatic carbocycles. The highest BCUT2D eigenvalue weighted by Gasteiger charge is 2.21. The van der Waals surface area contributed by atoms with E-state index in [-0.39, 0.29) is 0 Å². The fourth-order valence-electron chi connectivity index (χ4n) is 1.96. The minimum atomic E-state index is 0.636. The molecule has 0 aromatic heterocycles. The van der Waals surface area contributed by atoms with Gasteiger partial charge in [0.25, 0.3) is 0 Å². The van der Waals surface area contributed by atoms with Crippen molar-refractivity contribution in [2.24, 2.45) is 0 Å². The molecule has 0 unspecified atom stereocenters. The van der Waals surface area contributed by atoms with Crippen LogP contribution >= 0.6 is 0 Å². The van der Waals surface area contributed by atoms with Crippen molar-refractivity contribution in [2.75, 3.05) is 19.6 Å². The largest absolute Gasteiger partial charge is 0.310 e. The molecule has 1 rings (SSSR count). The normalized spacial score (nSPS) is 25.5. The SMILES string of the molecule is CCCN1CC[C@@H](NC(C)C)C1. The molecule has 1 aliphatic heterocycles. The zero-order valence-corrected chi connectivity index (χ0v) is 8.64. The molecule has 0 saturated carbocycles. The molecule has 2 heteroatoms. The summed E-state index contributed by atoms with van der Waals surface area (Å²) in [6, 6.07) is 1.38. The number of rotatable bonds is 4. The summed E-state index contributed by atoms with van der Waals surface area (Å²) in [5.74, 6) is 0. The van der Waals surface area contributed by atoms with Crippen molar-refractivity contribution in [3.05, 3.63) is 0 Å². The van der Waals surface area contributed by atoms with Crippen LogP contribution in [0, 0.1) is 0 Å². The molecule has 2 nitrogen and oxygen atoms in total. The standard InChI is InChI=1S/C10H22N2/c1-4-6-12-7-5-10(8-12)11-9(2)3/h9-11H,4-8H2,1-3H3/t10-/m1/s1. The van der Waals surface area contributed by atoms with Crippen molar-refractivity contribution >= 4 is 0 Å². The Labute approximate surface area is 76.3 Å². The molecule has 0 aromatic carbocycles. The predicted molar refractivity (Wildman–Crippen MR) is 53.4 cm³/mol. The first-order valence-corrected chi connectivity index (χ1v) is 5.20. The number of nitrogens with zero attached hydrogens (tertiary/aromatic N) is 1. The molecule has 0 bridgehead atoms. The van der Waals surface area contributed by atoms with Crippen LogP contribution in [-0.2, 0) is 0 Å². The van der Waals surface area contributed by atoms with E-state index in [1.54, 1.807) is 0 Å². The highest BCUT2D eigenvalue weighted by Crippen LogP contribution is 2.09. The lowest BCUT2D eigenvalue weighted by Gasteiger charge is -2.17. The van der Waals surface area contributed by atoms with E-state index in [4.69, 9.17) is 0 Å². The molecule has 0 radical (unpaired) electrons. The average Bonchev–Trinajstić information content (AvgIpc) is 2.36. The molecule has 0 spiro atoms. The van der Waals surface area contributed by atoms with Crippen LogP contribution in [0.15, 0.2) is 0 Å². The lowest BCUT2D eigenvalue weighted by atomic mass is 10.2. The molecule has 1 saturated heterocycles. The van der Waals surface area contributed by atoms with Gasteiger partial charge in [0.15, 0.2) is 0 Å². The number of hydrogen-bond acceptors (Lipinski definition) is 2. The Hall–Kier alpha value is -0.0800. The summed E-state index contributed by atoms with van der Waals surface area (Å²) in [7, 11) is 0. The average molecular weight is 170 g/mol. The zero-order valence-electron chi connectivity index (χ0n) is 8.64. The van der Waals surface area contributed by atoms with Gasteiger partial charge in [0.1, 0.15) is 0 Å². The van der Waals surface area contributed by atoms with Gasteiger partial charge in [-0.2, -0.15) is 0 Å². The Morgan fingerprint density at radius 1 is 1.50 bits per heavy atom. The van der Waals surface area contributed by atoms with E-state index in [1.165, 1.54) is 32.5 Å². The molecule has 12 heavy (non-hydrogen) atoms. The molecule has 1 N–H and O–H groups in total. The lowest BCUT2D eigenvalue weighted by molar-refractivity contribution is 0.325. The Bertz CT molecular complexity index is 123. The second kappa shape index (κ2) is 4.83. The molecular formula is C10H22N2. The minimum absolute atomic E-state index is 0.636. The summed E-state index contributed by atoms with van der Waals surface area (Å²) >= 11 is 0. The van der Waals surface area contributed by atoms with E-state index >= 15 is 0 Å². The number of likely N-dealkylation sites (tertiary alicyclic amines) is 1. The molecule has 0 aromatic rings. The fourth-order valence-corrected chi connectivity index (χ4v) is 1.96. The maximum absolute atomic E-state index is 3.59. The van der Waals surface area contributed by atoms with Gasteiger partial charge in [-0.3, -0.25) is 0 Å². The van der Waals surface area contributed by atoms with Crippen molar-refractivity contribution in [1.82, 2.24) is 10.2 Å². The van der Waals surface area contributed by atoms with Crippen LogP contribution in [0.5, 0.6) is 0 Å². The molecule has 1 aliphatic rings. The van der Waals surface area contributed by atoms with Crippen LogP contribution in [0.25, 0.3) is 0 Å². The second-order valence-corrected chi connectivity index (χ2v) is 4.11. The smallest absolute Gasteiger partial charge is 0.0209 e. The Morgan fingerprint density at radius 3 is 2.83 bits per heavy atom. The Morgan fingerprint density at radius 2 is 2.25 bits per heavy atom. The Kier molecular flexibility index (Phi) is 4.02. The van der Waals surface area contributed by atoms with Crippen LogP contribution in [0.1, 0.15) is 33.6 Å². The Balaban J connectivity index is 2.16. The van der Waals surface area contributed by atoms with Gasteiger partial charge in [0, 0.05) is 18.6 Å². The first kappa shape index (κ1) is 10.0. The van der Waals surface area contributed by atoms with Crippen LogP contribution in [0.4, 0.5) is 0 Å². The summed E-state index contributed by atoms with van der Waals surface area (Å²) < 4.78 is 0. The van der Waals surface area contributed by atoms with Crippen molar-refractivity contribution in [3.63, 3.8) is 0 Å². The summed E-state index contributed by atoms with van der Waals surface area (Å²) in [5, 5.41) is 3.59. The van der Waals surface area contributed by atoms with Gasteiger partial charge in [-0.1, -0.05) is 20.8 Å². The molecule has 0 amide bonds. The third kappa shape index (κ3) is 3.11. The minimum Gasteiger partial charge on any atom is -0.310 e. The molecule has 72 valence electrons. The van der Waals surface area contributed by atoms with E-state index in [2.05, 4.69) is 31.0 Å². The van der Waals surface area contributed by atoms with Gasteiger partial charge in [0.05, 0.1) is 0 Å². The van der Waals surface area contributed by atoms with E-state index < -0.39 is 0 Å². The summed E-state index contributed by atoms with van der Waals surface area (Å²) in [4.78, 5) is 2.56. The maximum atomic E-state index is 3.59. The number of hydrogen-bond donors (Lipinski definition) is 1. The van der Waals surface area contributed by atoms with Crippen molar-refractivity contribution < 1.29 is 0 Å². The van der Waals surface area contributed by atoms with Gasteiger partial charge in [-0.25, -0.2) is 0 Å². The lowest BCUT2D eigenvalue weighted by Crippen LogP contribution is -2.37. The van der Waals surface area contributed by atoms with E-state index in [1.807, 2.05) is 0 Å². The molecule has 1 heterocycles. The zero-order chi connectivity index (χ0) is 8.97. The van der Waals surface area contributed by atoms with Crippen LogP contribution in [0.2, 0.25) is 0 Å². The fraction of sp³-hybridized carbons (Fsp3) is 1.00. The molecule has 1 fully saturated rings. The molecule has 1 atom stereocenters. The van der Waals surface area contributed by atoms with Gasteiger partial charge >= 0.3 is 0 Å². The van der Waals surface area contributed by atoms with Gasteiger partial charge in [0.2, 0.25) is 0 Å². The van der Waals surface area contributed by atoms with E-state index in [0.29, 0.717) is 6.04 Å². The highest BCUT2D eigenvalue weighted by atomic mass is 15.2. The number of nitrogens with one attached hydrogen (secondary N) is 1. The van der Waals surface area contributed by atoms with Crippen molar-refractivity contribution in [1.29, 1.82) is 0 Å². The van der Waals surface area contributed by atoms with Gasteiger partial charge in [-0.15, -0.1) is 0 Å². The monoisotopic (exact) mass is 170 g/mol. The van der Waals surface area contributed by atoms with E-state index in [0.717, 1.165) is 6.04 Å². The molecular weight excluding hydrogens is 148 g/mol. The predicted octanol–water partition coefficient (Wildman–Crippen LogP) is 1.47. The highest BCUT2D eigenvalue weighted by molar-refractivity contribution is 4.81. The van der Waals surface area contributed by atoms with Crippen molar-refractivity contribution in [3.8, 4) is 0 Å². The van der Waals surface area contributed by atoms with E-state index in [9.17, 15) is 0 Å². The quantitative estimate of drug-likeness (QED) is 0.687. The van der Waals surface area contributed by atoms with Gasteiger partial charge in [-0.05, 0) is 25.9 Å². The van der Waals surface area contributed by atoms with Crippen LogP contribution in [-0.4, -0.2) is 36.6 Å². The topological polar surface area (TPSA) is 15.3 Å². The third-order valence-corrected chi connectivity index (χ3v) is 2.38. The summed E-state index contributed by atoms with van der Waals surface area (Å²) in [6.07, 6.45) is 2.62. The maximum Gasteiger partial charge on any atom is 0.0209 e. The third-order valence-electron chi connectivity index (χ3n) is 2.38.